The van der Waals surface area contributed by atoms with Crippen LogP contribution < -0.4 is 5.73 Å². The maximum Gasteiger partial charge on any atom is 0.250 e. The molecular formula is C11H16N2O2. The summed E-state index contributed by atoms with van der Waals surface area (Å²) in [4.78, 5) is 11.0. The van der Waals surface area contributed by atoms with E-state index in [0.717, 1.165) is 31.5 Å². The van der Waals surface area contributed by atoms with Crippen LogP contribution in [0.25, 0.3) is 0 Å². The molecule has 2 heterocycles. The summed E-state index contributed by atoms with van der Waals surface area (Å²) < 4.78 is 7.48. The van der Waals surface area contributed by atoms with E-state index in [1.54, 1.807) is 7.11 Å². The van der Waals surface area contributed by atoms with Gasteiger partial charge in [0.05, 0.1) is 11.7 Å². The van der Waals surface area contributed by atoms with Crippen LogP contribution in [0.1, 0.15) is 28.9 Å². The number of carbonyl (C=O) groups excluding carboxylic acids is 1. The summed E-state index contributed by atoms with van der Waals surface area (Å²) in [6.07, 6.45) is 5.13. The highest BCUT2D eigenvalue weighted by atomic mass is 16.5. The van der Waals surface area contributed by atoms with Gasteiger partial charge >= 0.3 is 0 Å². The Bertz CT molecular complexity index is 371. The van der Waals surface area contributed by atoms with Gasteiger partial charge in [0.1, 0.15) is 0 Å². The van der Waals surface area contributed by atoms with E-state index in [1.165, 1.54) is 0 Å². The number of nitrogens with zero attached hydrogens (tertiary/aromatic N) is 1. The third-order valence-corrected chi connectivity index (χ3v) is 2.97. The number of amides is 1. The van der Waals surface area contributed by atoms with E-state index in [9.17, 15) is 4.79 Å². The predicted molar refractivity (Wildman–Crippen MR) is 56.7 cm³/mol. The molecule has 1 unspecified atom stereocenters. The van der Waals surface area contributed by atoms with Crippen molar-refractivity contribution in [1.29, 1.82) is 0 Å². The normalized spacial score (nSPS) is 20.7. The number of hydrogen-bond donors (Lipinski definition) is 1. The van der Waals surface area contributed by atoms with Gasteiger partial charge in [0, 0.05) is 32.0 Å². The fraction of sp³-hybridized carbons (Fsp3) is 0.545. The molecule has 0 fully saturated rings. The van der Waals surface area contributed by atoms with Crippen molar-refractivity contribution in [1.82, 2.24) is 4.57 Å². The van der Waals surface area contributed by atoms with Gasteiger partial charge in [-0.05, 0) is 18.9 Å². The van der Waals surface area contributed by atoms with E-state index in [-0.39, 0.29) is 12.0 Å². The van der Waals surface area contributed by atoms with Gasteiger partial charge in [-0.15, -0.1) is 0 Å². The van der Waals surface area contributed by atoms with E-state index in [2.05, 4.69) is 4.57 Å². The van der Waals surface area contributed by atoms with Crippen molar-refractivity contribution in [3.05, 3.63) is 23.5 Å². The van der Waals surface area contributed by atoms with Gasteiger partial charge in [-0.1, -0.05) is 0 Å². The quantitative estimate of drug-likeness (QED) is 0.786. The molecule has 2 N–H and O–H groups in total. The Morgan fingerprint density at radius 1 is 1.67 bits per heavy atom. The van der Waals surface area contributed by atoms with Crippen LogP contribution in [0.15, 0.2) is 12.3 Å². The molecule has 1 aliphatic rings. The van der Waals surface area contributed by atoms with Crippen molar-refractivity contribution < 1.29 is 9.53 Å². The minimum absolute atomic E-state index is 0.266. The van der Waals surface area contributed by atoms with Gasteiger partial charge in [-0.3, -0.25) is 4.79 Å². The average molecular weight is 208 g/mol. The smallest absolute Gasteiger partial charge is 0.250 e. The summed E-state index contributed by atoms with van der Waals surface area (Å²) in [6, 6.07) is 1.87. The molecule has 2 rings (SSSR count). The summed E-state index contributed by atoms with van der Waals surface area (Å²) in [5.41, 5.74) is 6.99. The Morgan fingerprint density at radius 3 is 3.13 bits per heavy atom. The molecule has 1 aliphatic heterocycles. The Morgan fingerprint density at radius 2 is 2.47 bits per heavy atom. The monoisotopic (exact) mass is 208 g/mol. The Labute approximate surface area is 89.0 Å². The van der Waals surface area contributed by atoms with E-state index < -0.39 is 0 Å². The highest BCUT2D eigenvalue weighted by Crippen LogP contribution is 2.19. The number of rotatable bonds is 2. The Hall–Kier alpha value is -1.29. The molecule has 0 bridgehead atoms. The number of methoxy groups -OCH3 is 1. The molecule has 1 aromatic heterocycles. The van der Waals surface area contributed by atoms with Crippen LogP contribution in [-0.2, 0) is 17.7 Å². The van der Waals surface area contributed by atoms with Crippen LogP contribution in [0.4, 0.5) is 0 Å². The van der Waals surface area contributed by atoms with Gasteiger partial charge in [-0.25, -0.2) is 0 Å². The first-order valence-corrected chi connectivity index (χ1v) is 5.22. The Balaban J connectivity index is 2.26. The first-order chi connectivity index (χ1) is 7.20. The maximum absolute atomic E-state index is 11.0. The molecule has 4 nitrogen and oxygen atoms in total. The number of fused-ring (bicyclic) bond motifs is 1. The SMILES string of the molecule is COC1CCCn2cc(C(N)=O)cc2C1. The molecule has 1 atom stereocenters. The highest BCUT2D eigenvalue weighted by Gasteiger charge is 2.18. The second kappa shape index (κ2) is 4.06. The lowest BCUT2D eigenvalue weighted by Crippen LogP contribution is -2.12. The summed E-state index contributed by atoms with van der Waals surface area (Å²) in [5, 5.41) is 0. The van der Waals surface area contributed by atoms with Gasteiger partial charge < -0.3 is 15.0 Å². The van der Waals surface area contributed by atoms with Gasteiger partial charge in [-0.2, -0.15) is 0 Å². The number of aromatic nitrogens is 1. The molecule has 0 saturated heterocycles. The van der Waals surface area contributed by atoms with Crippen molar-refractivity contribution >= 4 is 5.91 Å². The molecule has 0 aromatic carbocycles. The standard InChI is InChI=1S/C11H16N2O2/c1-15-10-3-2-4-13-7-8(11(12)14)5-9(13)6-10/h5,7,10H,2-4,6H2,1H3,(H2,12,14). The minimum Gasteiger partial charge on any atom is -0.381 e. The summed E-state index contributed by atoms with van der Waals surface area (Å²) in [5.74, 6) is -0.357. The van der Waals surface area contributed by atoms with Crippen molar-refractivity contribution in [3.8, 4) is 0 Å². The van der Waals surface area contributed by atoms with E-state index in [0.29, 0.717) is 5.56 Å². The minimum atomic E-state index is -0.357. The zero-order valence-corrected chi connectivity index (χ0v) is 8.90. The average Bonchev–Trinajstić information content (AvgIpc) is 2.51. The van der Waals surface area contributed by atoms with E-state index in [4.69, 9.17) is 10.5 Å². The van der Waals surface area contributed by atoms with Crippen molar-refractivity contribution in [2.45, 2.75) is 31.9 Å². The molecule has 82 valence electrons. The van der Waals surface area contributed by atoms with Crippen LogP contribution in [0.2, 0.25) is 0 Å². The fourth-order valence-electron chi connectivity index (χ4n) is 2.10. The van der Waals surface area contributed by atoms with Crippen LogP contribution in [-0.4, -0.2) is 23.7 Å². The Kier molecular flexibility index (Phi) is 2.77. The van der Waals surface area contributed by atoms with E-state index >= 15 is 0 Å². The number of carbonyl (C=O) groups is 1. The van der Waals surface area contributed by atoms with Crippen molar-refractivity contribution in [2.75, 3.05) is 7.11 Å². The largest absolute Gasteiger partial charge is 0.381 e. The molecule has 4 heteroatoms. The number of nitrogens with two attached hydrogens (primary N) is 1. The molecule has 15 heavy (non-hydrogen) atoms. The number of aryl methyl sites for hydroxylation is 1. The van der Waals surface area contributed by atoms with Crippen LogP contribution >= 0.6 is 0 Å². The molecule has 0 radical (unpaired) electrons. The first kappa shape index (κ1) is 10.2. The van der Waals surface area contributed by atoms with Gasteiger partial charge in [0.25, 0.3) is 0 Å². The van der Waals surface area contributed by atoms with Crippen LogP contribution in [0, 0.1) is 0 Å². The van der Waals surface area contributed by atoms with Gasteiger partial charge in [0.15, 0.2) is 0 Å². The number of primary amides is 1. The molecule has 0 saturated carbocycles. The summed E-state index contributed by atoms with van der Waals surface area (Å²) >= 11 is 0. The second-order valence-corrected chi connectivity index (χ2v) is 3.98. The summed E-state index contributed by atoms with van der Waals surface area (Å²) in [6.45, 7) is 0.947. The predicted octanol–water partition coefficient (Wildman–Crippen LogP) is 0.938. The zero-order valence-electron chi connectivity index (χ0n) is 8.90. The van der Waals surface area contributed by atoms with Gasteiger partial charge in [0.2, 0.25) is 5.91 Å². The molecule has 0 aliphatic carbocycles. The first-order valence-electron chi connectivity index (χ1n) is 5.22. The van der Waals surface area contributed by atoms with E-state index in [1.807, 2.05) is 12.3 Å². The topological polar surface area (TPSA) is 57.2 Å². The second-order valence-electron chi connectivity index (χ2n) is 3.98. The molecule has 1 amide bonds. The van der Waals surface area contributed by atoms with Crippen molar-refractivity contribution in [3.63, 3.8) is 0 Å². The fourth-order valence-corrected chi connectivity index (χ4v) is 2.10. The number of ether oxygens (including phenoxy) is 1. The molecule has 1 aromatic rings. The van der Waals surface area contributed by atoms with Crippen molar-refractivity contribution in [2.24, 2.45) is 5.73 Å². The van der Waals surface area contributed by atoms with Crippen LogP contribution in [0.3, 0.4) is 0 Å². The number of hydrogen-bond acceptors (Lipinski definition) is 2. The van der Waals surface area contributed by atoms with Crippen LogP contribution in [0.5, 0.6) is 0 Å². The maximum atomic E-state index is 11.0. The lowest BCUT2D eigenvalue weighted by Gasteiger charge is -2.10. The zero-order chi connectivity index (χ0) is 10.8. The summed E-state index contributed by atoms with van der Waals surface area (Å²) in [7, 11) is 1.73. The molecule has 0 spiro atoms. The lowest BCUT2D eigenvalue weighted by atomic mass is 10.1. The third-order valence-electron chi connectivity index (χ3n) is 2.97. The lowest BCUT2D eigenvalue weighted by molar-refractivity contribution is 0.0957. The molecular weight excluding hydrogens is 192 g/mol. The third kappa shape index (κ3) is 2.04. The highest BCUT2D eigenvalue weighted by molar-refractivity contribution is 5.92.